The summed E-state index contributed by atoms with van der Waals surface area (Å²) in [4.78, 5) is 2.15. The van der Waals surface area contributed by atoms with Gasteiger partial charge < -0.3 is 10.2 Å². The lowest BCUT2D eigenvalue weighted by Crippen LogP contribution is -2.32. The number of rotatable bonds is 1. The first-order valence-corrected chi connectivity index (χ1v) is 7.01. The van der Waals surface area contributed by atoms with Crippen LogP contribution in [-0.4, -0.2) is 28.2 Å². The van der Waals surface area contributed by atoms with E-state index in [1.807, 2.05) is 36.9 Å². The Bertz CT molecular complexity index is 403. The summed E-state index contributed by atoms with van der Waals surface area (Å²) >= 11 is 13.4. The van der Waals surface area contributed by atoms with E-state index in [9.17, 15) is 0 Å². The fourth-order valence-corrected chi connectivity index (χ4v) is 3.08. The molecule has 0 saturated carbocycles. The quantitative estimate of drug-likeness (QED) is 0.789. The average Bonchev–Trinajstić information content (AvgIpc) is 2.75. The SMILES string of the molecule is Cc1ccc(NC(=S)N2CCSC2)c(Cl)c1. The number of hydrogen-bond donors (Lipinski definition) is 1. The van der Waals surface area contributed by atoms with Crippen molar-refractivity contribution in [2.45, 2.75) is 6.92 Å². The molecule has 1 fully saturated rings. The molecule has 1 heterocycles. The molecular weight excluding hydrogens is 260 g/mol. The number of thiocarbonyl (C=S) groups is 1. The van der Waals surface area contributed by atoms with Crippen molar-refractivity contribution in [1.82, 2.24) is 4.90 Å². The second-order valence-corrected chi connectivity index (χ2v) is 5.58. The average molecular weight is 273 g/mol. The Kier molecular flexibility index (Phi) is 3.95. The Labute approximate surface area is 110 Å². The number of nitrogens with one attached hydrogen (secondary N) is 1. The highest BCUT2D eigenvalue weighted by atomic mass is 35.5. The van der Waals surface area contributed by atoms with Crippen molar-refractivity contribution in [3.8, 4) is 0 Å². The van der Waals surface area contributed by atoms with E-state index in [2.05, 4.69) is 10.2 Å². The fourth-order valence-electron chi connectivity index (χ4n) is 1.49. The van der Waals surface area contributed by atoms with E-state index in [-0.39, 0.29) is 0 Å². The van der Waals surface area contributed by atoms with Crippen molar-refractivity contribution in [3.05, 3.63) is 28.8 Å². The second kappa shape index (κ2) is 5.25. The van der Waals surface area contributed by atoms with Crippen LogP contribution in [0.5, 0.6) is 0 Å². The monoisotopic (exact) mass is 272 g/mol. The summed E-state index contributed by atoms with van der Waals surface area (Å²) in [6, 6.07) is 5.92. The smallest absolute Gasteiger partial charge is 0.174 e. The molecule has 1 saturated heterocycles. The Hall–Kier alpha value is -0.450. The van der Waals surface area contributed by atoms with Gasteiger partial charge in [-0.1, -0.05) is 17.7 Å². The summed E-state index contributed by atoms with van der Waals surface area (Å²) in [6.45, 7) is 3.03. The van der Waals surface area contributed by atoms with Crippen LogP contribution in [0.3, 0.4) is 0 Å². The molecule has 0 aliphatic carbocycles. The number of hydrogen-bond acceptors (Lipinski definition) is 2. The third-order valence-corrected chi connectivity index (χ3v) is 4.04. The first-order valence-electron chi connectivity index (χ1n) is 5.06. The van der Waals surface area contributed by atoms with Gasteiger partial charge in [0.15, 0.2) is 5.11 Å². The summed E-state index contributed by atoms with van der Waals surface area (Å²) in [6.07, 6.45) is 0. The van der Waals surface area contributed by atoms with E-state index in [0.717, 1.165) is 34.5 Å². The van der Waals surface area contributed by atoms with Gasteiger partial charge in [0.25, 0.3) is 0 Å². The molecule has 0 amide bonds. The third kappa shape index (κ3) is 2.81. The van der Waals surface area contributed by atoms with Gasteiger partial charge in [-0.2, -0.15) is 0 Å². The maximum Gasteiger partial charge on any atom is 0.174 e. The van der Waals surface area contributed by atoms with Gasteiger partial charge in [-0.25, -0.2) is 0 Å². The van der Waals surface area contributed by atoms with Crippen LogP contribution in [0.25, 0.3) is 0 Å². The van der Waals surface area contributed by atoms with Gasteiger partial charge in [0.2, 0.25) is 0 Å². The molecule has 16 heavy (non-hydrogen) atoms. The van der Waals surface area contributed by atoms with Gasteiger partial charge in [0.1, 0.15) is 0 Å². The zero-order valence-corrected chi connectivity index (χ0v) is 11.4. The van der Waals surface area contributed by atoms with Crippen LogP contribution in [0, 0.1) is 6.92 Å². The van der Waals surface area contributed by atoms with E-state index in [1.165, 1.54) is 0 Å². The zero-order valence-electron chi connectivity index (χ0n) is 9.00. The third-order valence-electron chi connectivity index (χ3n) is 2.41. The van der Waals surface area contributed by atoms with Crippen LogP contribution in [0.2, 0.25) is 5.02 Å². The highest BCUT2D eigenvalue weighted by Gasteiger charge is 2.15. The molecule has 0 aromatic heterocycles. The zero-order chi connectivity index (χ0) is 11.5. The highest BCUT2D eigenvalue weighted by Crippen LogP contribution is 2.24. The maximum absolute atomic E-state index is 6.13. The molecule has 1 N–H and O–H groups in total. The van der Waals surface area contributed by atoms with Crippen molar-refractivity contribution in [1.29, 1.82) is 0 Å². The topological polar surface area (TPSA) is 15.3 Å². The van der Waals surface area contributed by atoms with Gasteiger partial charge in [-0.15, -0.1) is 11.8 Å². The Morgan fingerprint density at radius 1 is 1.56 bits per heavy atom. The molecule has 1 aliphatic rings. The molecule has 5 heteroatoms. The minimum atomic E-state index is 0.717. The van der Waals surface area contributed by atoms with E-state index in [4.69, 9.17) is 23.8 Å². The highest BCUT2D eigenvalue weighted by molar-refractivity contribution is 7.99. The molecule has 86 valence electrons. The van der Waals surface area contributed by atoms with Crippen LogP contribution in [0.15, 0.2) is 18.2 Å². The minimum absolute atomic E-state index is 0.717. The molecule has 0 spiro atoms. The first-order chi connectivity index (χ1) is 7.66. The van der Waals surface area contributed by atoms with Crippen molar-refractivity contribution in [3.63, 3.8) is 0 Å². The molecule has 2 rings (SSSR count). The lowest BCUT2D eigenvalue weighted by atomic mass is 10.2. The van der Waals surface area contributed by atoms with E-state index in [0.29, 0.717) is 5.02 Å². The van der Waals surface area contributed by atoms with Crippen molar-refractivity contribution in [2.75, 3.05) is 23.5 Å². The second-order valence-electron chi connectivity index (χ2n) is 3.71. The number of benzene rings is 1. The van der Waals surface area contributed by atoms with Gasteiger partial charge in [-0.3, -0.25) is 0 Å². The van der Waals surface area contributed by atoms with Gasteiger partial charge in [0.05, 0.1) is 16.6 Å². The number of nitrogens with zero attached hydrogens (tertiary/aromatic N) is 1. The van der Waals surface area contributed by atoms with Gasteiger partial charge >= 0.3 is 0 Å². The first kappa shape index (κ1) is 12.0. The van der Waals surface area contributed by atoms with Gasteiger partial charge in [0, 0.05) is 12.3 Å². The normalized spacial score (nSPS) is 15.2. The standard InChI is InChI=1S/C11H13ClN2S2/c1-8-2-3-10(9(12)6-8)13-11(15)14-4-5-16-7-14/h2-3,6H,4-5,7H2,1H3,(H,13,15). The Morgan fingerprint density at radius 3 is 3.00 bits per heavy atom. The minimum Gasteiger partial charge on any atom is -0.339 e. The Morgan fingerprint density at radius 2 is 2.38 bits per heavy atom. The summed E-state index contributed by atoms with van der Waals surface area (Å²) < 4.78 is 0. The fraction of sp³-hybridized carbons (Fsp3) is 0.364. The van der Waals surface area contributed by atoms with Crippen LogP contribution < -0.4 is 5.32 Å². The largest absolute Gasteiger partial charge is 0.339 e. The molecule has 2 nitrogen and oxygen atoms in total. The van der Waals surface area contributed by atoms with E-state index >= 15 is 0 Å². The lowest BCUT2D eigenvalue weighted by molar-refractivity contribution is 0.552. The van der Waals surface area contributed by atoms with Crippen LogP contribution in [0.4, 0.5) is 5.69 Å². The molecule has 1 aromatic carbocycles. The predicted molar refractivity (Wildman–Crippen MR) is 76.4 cm³/mol. The summed E-state index contributed by atoms with van der Waals surface area (Å²) in [7, 11) is 0. The number of halogens is 1. The molecule has 0 unspecified atom stereocenters. The van der Waals surface area contributed by atoms with Crippen molar-refractivity contribution < 1.29 is 0 Å². The summed E-state index contributed by atoms with van der Waals surface area (Å²) in [5, 5.41) is 4.67. The molecular formula is C11H13ClN2S2. The van der Waals surface area contributed by atoms with E-state index < -0.39 is 0 Å². The van der Waals surface area contributed by atoms with Gasteiger partial charge in [-0.05, 0) is 36.8 Å². The lowest BCUT2D eigenvalue weighted by Gasteiger charge is -2.19. The van der Waals surface area contributed by atoms with Crippen molar-refractivity contribution in [2.24, 2.45) is 0 Å². The summed E-state index contributed by atoms with van der Waals surface area (Å²) in [5.41, 5.74) is 2.03. The maximum atomic E-state index is 6.13. The molecule has 0 atom stereocenters. The summed E-state index contributed by atoms with van der Waals surface area (Å²) in [5.74, 6) is 2.11. The molecule has 1 aliphatic heterocycles. The van der Waals surface area contributed by atoms with Crippen molar-refractivity contribution >= 4 is 46.4 Å². The number of thioether (sulfide) groups is 1. The number of anilines is 1. The van der Waals surface area contributed by atoms with Crippen LogP contribution >= 0.6 is 35.6 Å². The molecule has 1 aromatic rings. The predicted octanol–water partition coefficient (Wildman–Crippen LogP) is 3.35. The van der Waals surface area contributed by atoms with E-state index in [1.54, 1.807) is 0 Å². The molecule has 0 bridgehead atoms. The Balaban J connectivity index is 2.05. The van der Waals surface area contributed by atoms with Crippen LogP contribution in [-0.2, 0) is 0 Å². The van der Waals surface area contributed by atoms with Crippen LogP contribution in [0.1, 0.15) is 5.56 Å². The molecule has 0 radical (unpaired) electrons. The number of aryl methyl sites for hydroxylation is 1.